The zero-order chi connectivity index (χ0) is 20.4. The monoisotopic (exact) mass is 393 g/mol. The minimum atomic E-state index is -0.796. The van der Waals surface area contributed by atoms with Gasteiger partial charge in [-0.3, -0.25) is 10.4 Å². The van der Waals surface area contributed by atoms with Gasteiger partial charge in [0.05, 0.1) is 18.8 Å². The molecule has 0 saturated heterocycles. The molecule has 2 aromatic heterocycles. The van der Waals surface area contributed by atoms with Gasteiger partial charge in [0.15, 0.2) is 5.82 Å². The number of aliphatic hydroxyl groups excluding tert-OH is 1. The normalized spacial score (nSPS) is 12.3. The van der Waals surface area contributed by atoms with Gasteiger partial charge in [-0.25, -0.2) is 4.68 Å². The van der Waals surface area contributed by atoms with Crippen molar-refractivity contribution < 1.29 is 9.84 Å². The van der Waals surface area contributed by atoms with Crippen molar-refractivity contribution in [3.8, 4) is 17.1 Å². The molecule has 4 N–H and O–H groups in total. The Morgan fingerprint density at radius 1 is 1.24 bits per heavy atom. The first-order valence-corrected chi connectivity index (χ1v) is 9.30. The molecule has 0 amide bonds. The maximum absolute atomic E-state index is 10.2. The topological polar surface area (TPSA) is 113 Å². The van der Waals surface area contributed by atoms with E-state index in [9.17, 15) is 5.11 Å². The molecule has 0 fully saturated rings. The quantitative estimate of drug-likeness (QED) is 0.357. The fourth-order valence-electron chi connectivity index (χ4n) is 3.14. The predicted molar refractivity (Wildman–Crippen MR) is 111 cm³/mol. The number of hydrogen-bond donors (Lipinski definition) is 4. The second-order valence-corrected chi connectivity index (χ2v) is 6.60. The van der Waals surface area contributed by atoms with Crippen molar-refractivity contribution in [3.05, 3.63) is 48.2 Å². The van der Waals surface area contributed by atoms with Crippen molar-refractivity contribution in [2.24, 2.45) is 7.05 Å². The van der Waals surface area contributed by atoms with Gasteiger partial charge in [0.25, 0.3) is 0 Å². The Morgan fingerprint density at radius 2 is 2.10 bits per heavy atom. The molecule has 0 aliphatic heterocycles. The van der Waals surface area contributed by atoms with Crippen molar-refractivity contribution in [1.29, 1.82) is 0 Å². The summed E-state index contributed by atoms with van der Waals surface area (Å²) < 4.78 is 7.14. The van der Waals surface area contributed by atoms with Crippen molar-refractivity contribution in [2.45, 2.75) is 13.2 Å². The van der Waals surface area contributed by atoms with Crippen LogP contribution in [0, 0.1) is 0 Å². The van der Waals surface area contributed by atoms with Crippen LogP contribution in [0.4, 0.5) is 11.6 Å². The van der Waals surface area contributed by atoms with Gasteiger partial charge in [0.1, 0.15) is 12.0 Å². The van der Waals surface area contributed by atoms with Gasteiger partial charge in [-0.2, -0.15) is 10.1 Å². The van der Waals surface area contributed by atoms with Gasteiger partial charge < -0.3 is 15.2 Å². The maximum Gasteiger partial charge on any atom is 0.225 e. The molecular weight excluding hydrogens is 370 g/mol. The van der Waals surface area contributed by atoms with Gasteiger partial charge >= 0.3 is 0 Å². The van der Waals surface area contributed by atoms with E-state index in [0.717, 1.165) is 22.2 Å². The average Bonchev–Trinajstić information content (AvgIpc) is 3.34. The second-order valence-electron chi connectivity index (χ2n) is 6.60. The highest BCUT2D eigenvalue weighted by atomic mass is 16.5. The van der Waals surface area contributed by atoms with Gasteiger partial charge in [-0.05, 0) is 30.8 Å². The SMILES string of the molecule is CCNC(O)c1ccc(-c2nc(Nc3ccc4[nH]ncc4c3)n(C)n2)cc1OC. The van der Waals surface area contributed by atoms with Crippen LogP contribution < -0.4 is 15.4 Å². The number of nitrogens with zero attached hydrogens (tertiary/aromatic N) is 4. The molecule has 9 nitrogen and oxygen atoms in total. The van der Waals surface area contributed by atoms with Crippen molar-refractivity contribution in [1.82, 2.24) is 30.3 Å². The first-order valence-electron chi connectivity index (χ1n) is 9.30. The number of hydrogen-bond acceptors (Lipinski definition) is 7. The zero-order valence-corrected chi connectivity index (χ0v) is 16.5. The molecule has 1 unspecified atom stereocenters. The number of anilines is 2. The standard InChI is InChI=1S/C20H23N7O2/c1-4-21-19(28)15-7-5-12(10-17(15)29-3)18-24-20(27(2)26-18)23-14-6-8-16-13(9-14)11-22-25-16/h5-11,19,21,28H,4H2,1-3H3,(H,22,25)(H,23,24,26). The van der Waals surface area contributed by atoms with Crippen molar-refractivity contribution in [2.75, 3.05) is 19.0 Å². The van der Waals surface area contributed by atoms with Crippen LogP contribution in [0.3, 0.4) is 0 Å². The lowest BCUT2D eigenvalue weighted by Gasteiger charge is -2.15. The molecule has 4 rings (SSSR count). The molecule has 0 aliphatic rings. The second kappa shape index (κ2) is 7.90. The highest BCUT2D eigenvalue weighted by Gasteiger charge is 2.16. The lowest BCUT2D eigenvalue weighted by Crippen LogP contribution is -2.20. The largest absolute Gasteiger partial charge is 0.496 e. The third kappa shape index (κ3) is 3.78. The molecule has 2 aromatic carbocycles. The molecule has 0 aliphatic carbocycles. The number of methoxy groups -OCH3 is 1. The average molecular weight is 393 g/mol. The first-order chi connectivity index (χ1) is 14.1. The fourth-order valence-corrected chi connectivity index (χ4v) is 3.14. The summed E-state index contributed by atoms with van der Waals surface area (Å²) in [7, 11) is 3.40. The van der Waals surface area contributed by atoms with Crippen molar-refractivity contribution >= 4 is 22.5 Å². The van der Waals surface area contributed by atoms with E-state index >= 15 is 0 Å². The predicted octanol–water partition coefficient (Wildman–Crippen LogP) is 2.71. The molecule has 1 atom stereocenters. The van der Waals surface area contributed by atoms with Gasteiger partial charge in [-0.15, -0.1) is 5.10 Å². The molecule has 29 heavy (non-hydrogen) atoms. The van der Waals surface area contributed by atoms with E-state index in [4.69, 9.17) is 4.74 Å². The number of H-pyrrole nitrogens is 1. The van der Waals surface area contributed by atoms with Crippen molar-refractivity contribution in [3.63, 3.8) is 0 Å². The lowest BCUT2D eigenvalue weighted by molar-refractivity contribution is 0.138. The first kappa shape index (κ1) is 18.9. The molecule has 0 radical (unpaired) electrons. The summed E-state index contributed by atoms with van der Waals surface area (Å²) in [6, 6.07) is 11.4. The lowest BCUT2D eigenvalue weighted by atomic mass is 10.1. The Balaban J connectivity index is 1.61. The Hall–Kier alpha value is -3.43. The van der Waals surface area contributed by atoms with Gasteiger partial charge in [0.2, 0.25) is 5.95 Å². The number of nitrogens with one attached hydrogen (secondary N) is 3. The van der Waals surface area contributed by atoms with Gasteiger partial charge in [-0.1, -0.05) is 19.1 Å². The molecular formula is C20H23N7O2. The van der Waals surface area contributed by atoms with Crippen LogP contribution >= 0.6 is 0 Å². The molecule has 0 saturated carbocycles. The summed E-state index contributed by atoms with van der Waals surface area (Å²) in [5, 5.41) is 29.0. The van der Waals surface area contributed by atoms with Crippen LogP contribution in [0.5, 0.6) is 5.75 Å². The number of aromatic nitrogens is 5. The summed E-state index contributed by atoms with van der Waals surface area (Å²) in [5.74, 6) is 1.74. The Kier molecular flexibility index (Phi) is 5.15. The molecule has 2 heterocycles. The summed E-state index contributed by atoms with van der Waals surface area (Å²) in [6.07, 6.45) is 0.980. The van der Waals surface area contributed by atoms with Crippen LogP contribution in [-0.4, -0.2) is 43.7 Å². The van der Waals surface area contributed by atoms with Crippen LogP contribution in [0.15, 0.2) is 42.6 Å². The Bertz CT molecular complexity index is 1140. The molecule has 9 heteroatoms. The Morgan fingerprint density at radius 3 is 2.90 bits per heavy atom. The van der Waals surface area contributed by atoms with E-state index in [2.05, 4.69) is 30.9 Å². The van der Waals surface area contributed by atoms with E-state index in [1.807, 2.05) is 50.4 Å². The molecule has 0 spiro atoms. The van der Waals surface area contributed by atoms with E-state index in [-0.39, 0.29) is 0 Å². The third-order valence-corrected chi connectivity index (χ3v) is 4.64. The molecule has 0 bridgehead atoms. The summed E-state index contributed by atoms with van der Waals surface area (Å²) in [6.45, 7) is 2.58. The number of benzene rings is 2. The van der Waals surface area contributed by atoms with E-state index < -0.39 is 6.23 Å². The number of aryl methyl sites for hydroxylation is 1. The third-order valence-electron chi connectivity index (χ3n) is 4.64. The smallest absolute Gasteiger partial charge is 0.225 e. The van der Waals surface area contributed by atoms with Crippen LogP contribution in [0.2, 0.25) is 0 Å². The Labute approximate surface area is 167 Å². The van der Waals surface area contributed by atoms with Crippen LogP contribution in [0.1, 0.15) is 18.7 Å². The van der Waals surface area contributed by atoms with E-state index in [1.54, 1.807) is 18.0 Å². The number of fused-ring (bicyclic) bond motifs is 1. The number of rotatable bonds is 7. The number of aromatic amines is 1. The van der Waals surface area contributed by atoms with Crippen LogP contribution in [-0.2, 0) is 7.05 Å². The van der Waals surface area contributed by atoms with Crippen LogP contribution in [0.25, 0.3) is 22.3 Å². The number of aliphatic hydroxyl groups is 1. The van der Waals surface area contributed by atoms with E-state index in [1.165, 1.54) is 0 Å². The summed E-state index contributed by atoms with van der Waals surface area (Å²) >= 11 is 0. The maximum atomic E-state index is 10.2. The summed E-state index contributed by atoms with van der Waals surface area (Å²) in [4.78, 5) is 4.61. The number of ether oxygens (including phenoxy) is 1. The zero-order valence-electron chi connectivity index (χ0n) is 16.5. The molecule has 4 aromatic rings. The minimum Gasteiger partial charge on any atom is -0.496 e. The summed E-state index contributed by atoms with van der Waals surface area (Å²) in [5.41, 5.74) is 3.33. The highest BCUT2D eigenvalue weighted by molar-refractivity contribution is 5.82. The molecule has 150 valence electrons. The van der Waals surface area contributed by atoms with Gasteiger partial charge in [0, 0.05) is 29.2 Å². The van der Waals surface area contributed by atoms with E-state index in [0.29, 0.717) is 29.6 Å². The fraction of sp³-hybridized carbons (Fsp3) is 0.250. The highest BCUT2D eigenvalue weighted by Crippen LogP contribution is 2.30. The minimum absolute atomic E-state index is 0.558.